The van der Waals surface area contributed by atoms with Crippen LogP contribution in [0.4, 0.5) is 14.5 Å². The molecule has 0 aliphatic rings. The van der Waals surface area contributed by atoms with Gasteiger partial charge in [0, 0.05) is 38.7 Å². The van der Waals surface area contributed by atoms with Crippen molar-refractivity contribution < 1.29 is 18.4 Å². The van der Waals surface area contributed by atoms with Crippen LogP contribution in [0.25, 0.3) is 0 Å². The minimum absolute atomic E-state index is 0.194. The third-order valence-corrected chi connectivity index (χ3v) is 2.30. The molecule has 0 aliphatic heterocycles. The smallest absolute Gasteiger partial charge is 0.223 e. The largest absolute Gasteiger partial charge is 0.355 e. The molecule has 98 valence electrons. The van der Waals surface area contributed by atoms with Crippen molar-refractivity contribution in [2.75, 3.05) is 18.0 Å². The number of nitrogens with zero attached hydrogens (tertiary/aromatic N) is 1. The first-order valence-corrected chi connectivity index (χ1v) is 5.39. The van der Waals surface area contributed by atoms with Crippen LogP contribution < -0.4 is 10.2 Å². The summed E-state index contributed by atoms with van der Waals surface area (Å²) >= 11 is 0. The Hall–Kier alpha value is -1.98. The van der Waals surface area contributed by atoms with Crippen LogP contribution >= 0.6 is 0 Å². The number of anilines is 1. The summed E-state index contributed by atoms with van der Waals surface area (Å²) in [6, 6.07) is 3.22. The van der Waals surface area contributed by atoms with Crippen molar-refractivity contribution >= 4 is 17.5 Å². The van der Waals surface area contributed by atoms with Crippen molar-refractivity contribution in [3.63, 3.8) is 0 Å². The number of halogens is 2. The highest BCUT2D eigenvalue weighted by molar-refractivity contribution is 5.91. The molecule has 1 aromatic rings. The molecular weight excluding hydrogens is 242 g/mol. The SMILES string of the molecule is CC(=O)NCCN(C(C)=O)c1ccc(F)c(F)c1. The van der Waals surface area contributed by atoms with E-state index in [2.05, 4.69) is 5.32 Å². The van der Waals surface area contributed by atoms with Gasteiger partial charge in [0.25, 0.3) is 0 Å². The average Bonchev–Trinajstić information content (AvgIpc) is 2.27. The highest BCUT2D eigenvalue weighted by atomic mass is 19.2. The van der Waals surface area contributed by atoms with Gasteiger partial charge in [-0.05, 0) is 12.1 Å². The molecule has 0 unspecified atom stereocenters. The van der Waals surface area contributed by atoms with Crippen molar-refractivity contribution in [1.29, 1.82) is 0 Å². The van der Waals surface area contributed by atoms with E-state index in [0.717, 1.165) is 12.1 Å². The lowest BCUT2D eigenvalue weighted by molar-refractivity contribution is -0.119. The Labute approximate surface area is 104 Å². The summed E-state index contributed by atoms with van der Waals surface area (Å²) in [6.45, 7) is 3.11. The first-order chi connectivity index (χ1) is 8.41. The standard InChI is InChI=1S/C12H14F2N2O2/c1-8(17)15-5-6-16(9(2)18)10-3-4-11(13)12(14)7-10/h3-4,7H,5-6H2,1-2H3,(H,15,17). The number of hydrogen-bond acceptors (Lipinski definition) is 2. The molecule has 6 heteroatoms. The first kappa shape index (κ1) is 14.1. The predicted octanol–water partition coefficient (Wildman–Crippen LogP) is 1.45. The summed E-state index contributed by atoms with van der Waals surface area (Å²) in [5, 5.41) is 2.53. The molecule has 1 rings (SSSR count). The Morgan fingerprint density at radius 3 is 2.39 bits per heavy atom. The summed E-state index contributed by atoms with van der Waals surface area (Å²) < 4.78 is 25.9. The number of hydrogen-bond donors (Lipinski definition) is 1. The lowest BCUT2D eigenvalue weighted by Gasteiger charge is -2.21. The third kappa shape index (κ3) is 3.80. The summed E-state index contributed by atoms with van der Waals surface area (Å²) in [6.07, 6.45) is 0. The van der Waals surface area contributed by atoms with E-state index in [4.69, 9.17) is 0 Å². The van der Waals surface area contributed by atoms with Crippen molar-refractivity contribution in [2.24, 2.45) is 0 Å². The molecule has 18 heavy (non-hydrogen) atoms. The molecule has 0 atom stereocenters. The van der Waals surface area contributed by atoms with Gasteiger partial charge in [0.15, 0.2) is 11.6 Å². The van der Waals surface area contributed by atoms with E-state index in [9.17, 15) is 18.4 Å². The molecule has 0 saturated heterocycles. The van der Waals surface area contributed by atoms with Crippen LogP contribution in [0.1, 0.15) is 13.8 Å². The molecule has 0 heterocycles. The van der Waals surface area contributed by atoms with Gasteiger partial charge in [0.2, 0.25) is 11.8 Å². The van der Waals surface area contributed by atoms with E-state index in [1.54, 1.807) is 0 Å². The molecule has 0 radical (unpaired) electrons. The first-order valence-electron chi connectivity index (χ1n) is 5.39. The van der Waals surface area contributed by atoms with Gasteiger partial charge in [-0.3, -0.25) is 9.59 Å². The zero-order valence-electron chi connectivity index (χ0n) is 10.2. The quantitative estimate of drug-likeness (QED) is 0.886. The van der Waals surface area contributed by atoms with Crippen molar-refractivity contribution in [1.82, 2.24) is 5.32 Å². The second kappa shape index (κ2) is 6.09. The molecule has 0 aliphatic carbocycles. The van der Waals surface area contributed by atoms with E-state index in [1.807, 2.05) is 0 Å². The Morgan fingerprint density at radius 1 is 1.22 bits per heavy atom. The maximum absolute atomic E-state index is 13.1. The van der Waals surface area contributed by atoms with Gasteiger partial charge in [-0.2, -0.15) is 0 Å². The topological polar surface area (TPSA) is 49.4 Å². The molecule has 1 N–H and O–H groups in total. The predicted molar refractivity (Wildman–Crippen MR) is 63.1 cm³/mol. The fraction of sp³-hybridized carbons (Fsp3) is 0.333. The van der Waals surface area contributed by atoms with Gasteiger partial charge < -0.3 is 10.2 Å². The molecule has 4 nitrogen and oxygen atoms in total. The number of carbonyl (C=O) groups is 2. The van der Waals surface area contributed by atoms with Gasteiger partial charge in [-0.25, -0.2) is 8.78 Å². The third-order valence-electron chi connectivity index (χ3n) is 2.30. The van der Waals surface area contributed by atoms with Crippen LogP contribution in [0.15, 0.2) is 18.2 Å². The average molecular weight is 256 g/mol. The second-order valence-corrected chi connectivity index (χ2v) is 3.75. The van der Waals surface area contributed by atoms with Crippen LogP contribution in [-0.2, 0) is 9.59 Å². The summed E-state index contributed by atoms with van der Waals surface area (Å²) in [5.74, 6) is -2.52. The Balaban J connectivity index is 2.80. The molecule has 0 bridgehead atoms. The second-order valence-electron chi connectivity index (χ2n) is 3.75. The number of benzene rings is 1. The van der Waals surface area contributed by atoms with Crippen molar-refractivity contribution in [3.8, 4) is 0 Å². The van der Waals surface area contributed by atoms with E-state index in [-0.39, 0.29) is 30.6 Å². The van der Waals surface area contributed by atoms with Gasteiger partial charge in [0.1, 0.15) is 0 Å². The van der Waals surface area contributed by atoms with E-state index in [0.29, 0.717) is 0 Å². The van der Waals surface area contributed by atoms with E-state index < -0.39 is 11.6 Å². The maximum atomic E-state index is 13.1. The normalized spacial score (nSPS) is 10.0. The fourth-order valence-electron chi connectivity index (χ4n) is 1.47. The molecule has 1 aromatic carbocycles. The minimum atomic E-state index is -1.02. The highest BCUT2D eigenvalue weighted by Crippen LogP contribution is 2.17. The van der Waals surface area contributed by atoms with Gasteiger partial charge >= 0.3 is 0 Å². The Bertz CT molecular complexity index is 463. The maximum Gasteiger partial charge on any atom is 0.223 e. The van der Waals surface area contributed by atoms with Crippen molar-refractivity contribution in [3.05, 3.63) is 29.8 Å². The molecule has 0 spiro atoms. The molecule has 2 amide bonds. The van der Waals surface area contributed by atoms with Crippen molar-refractivity contribution in [2.45, 2.75) is 13.8 Å². The number of carbonyl (C=O) groups excluding carboxylic acids is 2. The van der Waals surface area contributed by atoms with E-state index in [1.165, 1.54) is 24.8 Å². The molecule has 0 aromatic heterocycles. The molecular formula is C12H14F2N2O2. The lowest BCUT2D eigenvalue weighted by Crippen LogP contribution is -2.36. The highest BCUT2D eigenvalue weighted by Gasteiger charge is 2.13. The zero-order valence-corrected chi connectivity index (χ0v) is 10.2. The van der Waals surface area contributed by atoms with Gasteiger partial charge in [-0.15, -0.1) is 0 Å². The van der Waals surface area contributed by atoms with E-state index >= 15 is 0 Å². The lowest BCUT2D eigenvalue weighted by atomic mass is 10.2. The Morgan fingerprint density at radius 2 is 1.89 bits per heavy atom. The minimum Gasteiger partial charge on any atom is -0.355 e. The molecule has 0 saturated carbocycles. The van der Waals surface area contributed by atoms with Crippen LogP contribution in [0.2, 0.25) is 0 Å². The summed E-state index contributed by atoms with van der Waals surface area (Å²) in [7, 11) is 0. The van der Waals surface area contributed by atoms with Crippen LogP contribution in [0.3, 0.4) is 0 Å². The van der Waals surface area contributed by atoms with Crippen LogP contribution in [-0.4, -0.2) is 24.9 Å². The van der Waals surface area contributed by atoms with Gasteiger partial charge in [0.05, 0.1) is 0 Å². The molecule has 0 fully saturated rings. The number of rotatable bonds is 4. The fourth-order valence-corrected chi connectivity index (χ4v) is 1.47. The number of nitrogens with one attached hydrogen (secondary N) is 1. The monoisotopic (exact) mass is 256 g/mol. The van der Waals surface area contributed by atoms with Crippen LogP contribution in [0, 0.1) is 11.6 Å². The zero-order chi connectivity index (χ0) is 13.7. The summed E-state index contributed by atoms with van der Waals surface area (Å²) in [4.78, 5) is 23.4. The van der Waals surface area contributed by atoms with Crippen LogP contribution in [0.5, 0.6) is 0 Å². The number of amides is 2. The summed E-state index contributed by atoms with van der Waals surface area (Å²) in [5.41, 5.74) is 0.256. The van der Waals surface area contributed by atoms with Gasteiger partial charge in [-0.1, -0.05) is 0 Å². The Kier molecular flexibility index (Phi) is 4.76.